The van der Waals surface area contributed by atoms with E-state index in [0.717, 1.165) is 17.3 Å². The fourth-order valence-electron chi connectivity index (χ4n) is 1.21. The van der Waals surface area contributed by atoms with Crippen LogP contribution >= 0.6 is 0 Å². The Morgan fingerprint density at radius 2 is 2.21 bits per heavy atom. The molecule has 0 aromatic carbocycles. The Balaban J connectivity index is 2.41. The summed E-state index contributed by atoms with van der Waals surface area (Å²) in [5.74, 6) is 1.60. The molecule has 0 atom stereocenters. The van der Waals surface area contributed by atoms with E-state index in [1.54, 1.807) is 19.6 Å². The molecule has 0 saturated heterocycles. The number of rotatable bonds is 2. The van der Waals surface area contributed by atoms with Crippen molar-refractivity contribution in [2.75, 3.05) is 7.11 Å². The number of aryl methyl sites for hydroxylation is 1. The van der Waals surface area contributed by atoms with Crippen molar-refractivity contribution in [3.63, 3.8) is 0 Å². The molecular weight excluding hydrogens is 178 g/mol. The molecule has 0 N–H and O–H groups in total. The summed E-state index contributed by atoms with van der Waals surface area (Å²) < 4.78 is 6.97. The number of ether oxygens (including phenoxy) is 1. The maximum atomic E-state index is 5.11. The molecule has 2 aromatic rings. The van der Waals surface area contributed by atoms with Gasteiger partial charge in [0, 0.05) is 18.5 Å². The number of hydrogen-bond acceptors (Lipinski definition) is 3. The molecule has 0 spiro atoms. The number of pyridine rings is 1. The summed E-state index contributed by atoms with van der Waals surface area (Å²) in [6.07, 6.45) is 5.36. The number of nitrogens with zero attached hydrogens (tertiary/aromatic N) is 3. The van der Waals surface area contributed by atoms with E-state index in [9.17, 15) is 0 Å². The SMILES string of the molecule is COc1ccnc(-n2cnc(C)c2)c1. The molecule has 4 nitrogen and oxygen atoms in total. The Bertz CT molecular complexity index is 436. The molecule has 0 saturated carbocycles. The highest BCUT2D eigenvalue weighted by Crippen LogP contribution is 2.13. The fourth-order valence-corrected chi connectivity index (χ4v) is 1.21. The van der Waals surface area contributed by atoms with E-state index in [2.05, 4.69) is 9.97 Å². The van der Waals surface area contributed by atoms with Gasteiger partial charge < -0.3 is 4.74 Å². The standard InChI is InChI=1S/C10H11N3O/c1-8-6-13(7-12-8)10-5-9(14-2)3-4-11-10/h3-7H,1-2H3. The van der Waals surface area contributed by atoms with Crippen LogP contribution in [0.15, 0.2) is 30.9 Å². The van der Waals surface area contributed by atoms with Crippen LogP contribution in [0.4, 0.5) is 0 Å². The first kappa shape index (κ1) is 8.74. The lowest BCUT2D eigenvalue weighted by atomic mass is 10.4. The van der Waals surface area contributed by atoms with Crippen LogP contribution in [-0.4, -0.2) is 21.6 Å². The summed E-state index contributed by atoms with van der Waals surface area (Å²) in [6.45, 7) is 1.94. The van der Waals surface area contributed by atoms with Crippen molar-refractivity contribution < 1.29 is 4.74 Å². The van der Waals surface area contributed by atoms with E-state index in [0.29, 0.717) is 0 Å². The summed E-state index contributed by atoms with van der Waals surface area (Å²) in [6, 6.07) is 3.68. The molecule has 72 valence electrons. The Hall–Kier alpha value is -1.84. The minimum Gasteiger partial charge on any atom is -0.497 e. The van der Waals surface area contributed by atoms with Crippen LogP contribution in [0.5, 0.6) is 5.75 Å². The molecule has 0 aliphatic rings. The van der Waals surface area contributed by atoms with Gasteiger partial charge in [-0.15, -0.1) is 0 Å². The molecule has 4 heteroatoms. The molecule has 0 aliphatic heterocycles. The van der Waals surface area contributed by atoms with Gasteiger partial charge in [0.25, 0.3) is 0 Å². The second-order valence-electron chi connectivity index (χ2n) is 2.98. The monoisotopic (exact) mass is 189 g/mol. The smallest absolute Gasteiger partial charge is 0.141 e. The van der Waals surface area contributed by atoms with Crippen LogP contribution in [0.2, 0.25) is 0 Å². The Labute approximate surface area is 82.2 Å². The van der Waals surface area contributed by atoms with Crippen LogP contribution < -0.4 is 4.74 Å². The van der Waals surface area contributed by atoms with Crippen LogP contribution in [0, 0.1) is 6.92 Å². The zero-order valence-corrected chi connectivity index (χ0v) is 8.14. The van der Waals surface area contributed by atoms with Gasteiger partial charge in [-0.25, -0.2) is 9.97 Å². The minimum atomic E-state index is 0.793. The number of methoxy groups -OCH3 is 1. The van der Waals surface area contributed by atoms with Crippen LogP contribution in [0.3, 0.4) is 0 Å². The van der Waals surface area contributed by atoms with Gasteiger partial charge in [-0.05, 0) is 13.0 Å². The van der Waals surface area contributed by atoms with E-state index in [1.165, 1.54) is 0 Å². The van der Waals surface area contributed by atoms with E-state index in [-0.39, 0.29) is 0 Å². The molecule has 0 aliphatic carbocycles. The van der Waals surface area contributed by atoms with Gasteiger partial charge in [0.05, 0.1) is 12.8 Å². The highest BCUT2D eigenvalue weighted by molar-refractivity contribution is 5.32. The molecular formula is C10H11N3O. The van der Waals surface area contributed by atoms with Crippen molar-refractivity contribution in [3.8, 4) is 11.6 Å². The van der Waals surface area contributed by atoms with Crippen molar-refractivity contribution in [2.45, 2.75) is 6.92 Å². The highest BCUT2D eigenvalue weighted by atomic mass is 16.5. The zero-order valence-electron chi connectivity index (χ0n) is 8.14. The third-order valence-electron chi connectivity index (χ3n) is 1.93. The zero-order chi connectivity index (χ0) is 9.97. The Kier molecular flexibility index (Phi) is 2.18. The van der Waals surface area contributed by atoms with Gasteiger partial charge in [0.15, 0.2) is 0 Å². The number of aromatic nitrogens is 3. The number of imidazole rings is 1. The second-order valence-corrected chi connectivity index (χ2v) is 2.98. The first-order valence-corrected chi connectivity index (χ1v) is 4.30. The summed E-state index contributed by atoms with van der Waals surface area (Å²) >= 11 is 0. The third-order valence-corrected chi connectivity index (χ3v) is 1.93. The van der Waals surface area contributed by atoms with Crippen molar-refractivity contribution in [1.82, 2.24) is 14.5 Å². The lowest BCUT2D eigenvalue weighted by Gasteiger charge is -2.02. The predicted molar refractivity (Wildman–Crippen MR) is 52.6 cm³/mol. The normalized spacial score (nSPS) is 10.1. The van der Waals surface area contributed by atoms with E-state index in [4.69, 9.17) is 4.74 Å². The lowest BCUT2D eigenvalue weighted by Crippen LogP contribution is -1.94. The fraction of sp³-hybridized carbons (Fsp3) is 0.200. The van der Waals surface area contributed by atoms with E-state index < -0.39 is 0 Å². The quantitative estimate of drug-likeness (QED) is 0.720. The topological polar surface area (TPSA) is 39.9 Å². The minimum absolute atomic E-state index is 0.793. The Morgan fingerprint density at radius 1 is 1.36 bits per heavy atom. The van der Waals surface area contributed by atoms with Gasteiger partial charge in [-0.2, -0.15) is 0 Å². The highest BCUT2D eigenvalue weighted by Gasteiger charge is 2.00. The van der Waals surface area contributed by atoms with Crippen LogP contribution in [0.1, 0.15) is 5.69 Å². The summed E-state index contributed by atoms with van der Waals surface area (Å²) in [5, 5.41) is 0. The summed E-state index contributed by atoms with van der Waals surface area (Å²) in [7, 11) is 1.64. The summed E-state index contributed by atoms with van der Waals surface area (Å²) in [4.78, 5) is 8.34. The average molecular weight is 189 g/mol. The van der Waals surface area contributed by atoms with Crippen LogP contribution in [-0.2, 0) is 0 Å². The molecule has 0 amide bonds. The predicted octanol–water partition coefficient (Wildman–Crippen LogP) is 1.58. The second kappa shape index (κ2) is 3.49. The molecule has 0 bridgehead atoms. The van der Waals surface area contributed by atoms with Gasteiger partial charge in [-0.3, -0.25) is 4.57 Å². The average Bonchev–Trinajstić information content (AvgIpc) is 2.65. The molecule has 2 aromatic heterocycles. The van der Waals surface area contributed by atoms with Crippen molar-refractivity contribution in [2.24, 2.45) is 0 Å². The summed E-state index contributed by atoms with van der Waals surface area (Å²) in [5.41, 5.74) is 0.967. The largest absolute Gasteiger partial charge is 0.497 e. The maximum absolute atomic E-state index is 5.11. The molecule has 2 heterocycles. The third kappa shape index (κ3) is 1.59. The number of hydrogen-bond donors (Lipinski definition) is 0. The van der Waals surface area contributed by atoms with E-state index >= 15 is 0 Å². The molecule has 0 radical (unpaired) electrons. The molecule has 0 unspecified atom stereocenters. The van der Waals surface area contributed by atoms with Crippen molar-refractivity contribution in [1.29, 1.82) is 0 Å². The molecule has 0 fully saturated rings. The molecule has 2 rings (SSSR count). The van der Waals surface area contributed by atoms with Gasteiger partial charge in [-0.1, -0.05) is 0 Å². The van der Waals surface area contributed by atoms with Crippen LogP contribution in [0.25, 0.3) is 5.82 Å². The molecule has 14 heavy (non-hydrogen) atoms. The first-order valence-electron chi connectivity index (χ1n) is 4.30. The first-order chi connectivity index (χ1) is 6.79. The van der Waals surface area contributed by atoms with Gasteiger partial charge in [0.1, 0.15) is 17.9 Å². The maximum Gasteiger partial charge on any atom is 0.141 e. The van der Waals surface area contributed by atoms with E-state index in [1.807, 2.05) is 29.8 Å². The van der Waals surface area contributed by atoms with Gasteiger partial charge >= 0.3 is 0 Å². The Morgan fingerprint density at radius 3 is 2.86 bits per heavy atom. The van der Waals surface area contributed by atoms with Gasteiger partial charge in [0.2, 0.25) is 0 Å². The van der Waals surface area contributed by atoms with Crippen molar-refractivity contribution in [3.05, 3.63) is 36.5 Å². The van der Waals surface area contributed by atoms with Crippen molar-refractivity contribution >= 4 is 0 Å². The lowest BCUT2D eigenvalue weighted by molar-refractivity contribution is 0.414.